The molecule has 0 rings (SSSR count). The summed E-state index contributed by atoms with van der Waals surface area (Å²) >= 11 is 0. The monoisotopic (exact) mass is 124 g/mol. The van der Waals surface area contributed by atoms with Crippen LogP contribution in [0.15, 0.2) is 23.8 Å². The fourth-order valence-electron chi connectivity index (χ4n) is 0.641. The second-order valence-corrected chi connectivity index (χ2v) is 2.65. The molecule has 0 saturated heterocycles. The Labute approximate surface area is 58.3 Å². The quantitative estimate of drug-likeness (QED) is 0.496. The lowest BCUT2D eigenvalue weighted by Crippen LogP contribution is -1.92. The maximum Gasteiger partial charge on any atom is -0.0222 e. The molecule has 0 N–H and O–H groups in total. The van der Waals surface area contributed by atoms with E-state index in [9.17, 15) is 0 Å². The lowest BCUT2D eigenvalue weighted by atomic mass is 9.98. The van der Waals surface area contributed by atoms with E-state index in [4.69, 9.17) is 0 Å². The van der Waals surface area contributed by atoms with Gasteiger partial charge in [0, 0.05) is 0 Å². The predicted octanol–water partition coefficient (Wildman–Crippen LogP) is 3.16. The third kappa shape index (κ3) is 2.50. The van der Waals surface area contributed by atoms with E-state index < -0.39 is 0 Å². The Kier molecular flexibility index (Phi) is 3.29. The molecule has 0 aromatic rings. The van der Waals surface area contributed by atoms with Crippen molar-refractivity contribution in [3.63, 3.8) is 0 Å². The van der Waals surface area contributed by atoms with Gasteiger partial charge in [0.2, 0.25) is 0 Å². The smallest absolute Gasteiger partial charge is 0.0222 e. The minimum Gasteiger partial charge on any atom is -0.0953 e. The van der Waals surface area contributed by atoms with Gasteiger partial charge in [0.05, 0.1) is 0 Å². The van der Waals surface area contributed by atoms with Crippen LogP contribution < -0.4 is 0 Å². The molecule has 0 heterocycles. The summed E-state index contributed by atoms with van der Waals surface area (Å²) in [5.74, 6) is 0.584. The largest absolute Gasteiger partial charge is 0.0953 e. The van der Waals surface area contributed by atoms with E-state index in [1.54, 1.807) is 0 Å². The molecule has 0 unspecified atom stereocenters. The highest BCUT2D eigenvalue weighted by atomic mass is 14.0. The van der Waals surface area contributed by atoms with Crippen molar-refractivity contribution in [1.82, 2.24) is 0 Å². The van der Waals surface area contributed by atoms with Crippen LogP contribution in [0, 0.1) is 5.92 Å². The van der Waals surface area contributed by atoms with Crippen molar-refractivity contribution in [2.24, 2.45) is 5.92 Å². The van der Waals surface area contributed by atoms with Crippen LogP contribution >= 0.6 is 0 Å². The molecular weight excluding hydrogens is 108 g/mol. The van der Waals surface area contributed by atoms with Gasteiger partial charge in [0.25, 0.3) is 0 Å². The molecule has 0 aliphatic carbocycles. The topological polar surface area (TPSA) is 0 Å². The minimum absolute atomic E-state index is 0.584. The fraction of sp³-hybridized carbons (Fsp3) is 0.556. The van der Waals surface area contributed by atoms with E-state index >= 15 is 0 Å². The fourth-order valence-corrected chi connectivity index (χ4v) is 0.641. The molecule has 0 aromatic carbocycles. The Morgan fingerprint density at radius 3 is 2.00 bits per heavy atom. The zero-order chi connectivity index (χ0) is 7.44. The van der Waals surface area contributed by atoms with E-state index in [-0.39, 0.29) is 0 Å². The average Bonchev–Trinajstić information content (AvgIpc) is 1.84. The SMILES string of the molecule is C=C(/C(C)=C/C)C(C)C. The van der Waals surface area contributed by atoms with Crippen LogP contribution in [0.3, 0.4) is 0 Å². The van der Waals surface area contributed by atoms with Gasteiger partial charge in [-0.15, -0.1) is 0 Å². The lowest BCUT2D eigenvalue weighted by molar-refractivity contribution is 0.781. The van der Waals surface area contributed by atoms with Crippen LogP contribution in [-0.4, -0.2) is 0 Å². The Morgan fingerprint density at radius 1 is 1.44 bits per heavy atom. The second-order valence-electron chi connectivity index (χ2n) is 2.65. The van der Waals surface area contributed by atoms with E-state index in [1.165, 1.54) is 11.1 Å². The van der Waals surface area contributed by atoms with Crippen LogP contribution in [0.25, 0.3) is 0 Å². The maximum atomic E-state index is 3.96. The Balaban J connectivity index is 4.06. The van der Waals surface area contributed by atoms with Crippen molar-refractivity contribution in [2.45, 2.75) is 27.7 Å². The summed E-state index contributed by atoms with van der Waals surface area (Å²) in [6, 6.07) is 0. The first kappa shape index (κ1) is 8.48. The summed E-state index contributed by atoms with van der Waals surface area (Å²) < 4.78 is 0. The van der Waals surface area contributed by atoms with Crippen molar-refractivity contribution in [1.29, 1.82) is 0 Å². The first-order valence-electron chi connectivity index (χ1n) is 3.41. The zero-order valence-corrected chi connectivity index (χ0v) is 6.86. The standard InChI is InChI=1S/C9H16/c1-6-8(4)9(5)7(2)3/h6-7H,5H2,1-4H3/b8-6+. The second kappa shape index (κ2) is 3.49. The van der Waals surface area contributed by atoms with Gasteiger partial charge >= 0.3 is 0 Å². The summed E-state index contributed by atoms with van der Waals surface area (Å²) in [7, 11) is 0. The Morgan fingerprint density at radius 2 is 1.89 bits per heavy atom. The third-order valence-electron chi connectivity index (χ3n) is 1.64. The molecule has 0 aromatic heterocycles. The van der Waals surface area contributed by atoms with E-state index in [0.717, 1.165) is 0 Å². The first-order chi connectivity index (χ1) is 4.09. The summed E-state index contributed by atoms with van der Waals surface area (Å²) in [5, 5.41) is 0. The molecule has 0 aliphatic rings. The number of hydrogen-bond acceptors (Lipinski definition) is 0. The van der Waals surface area contributed by atoms with Crippen molar-refractivity contribution >= 4 is 0 Å². The van der Waals surface area contributed by atoms with Gasteiger partial charge in [0.15, 0.2) is 0 Å². The van der Waals surface area contributed by atoms with Gasteiger partial charge < -0.3 is 0 Å². The van der Waals surface area contributed by atoms with Crippen molar-refractivity contribution in [3.05, 3.63) is 23.8 Å². The molecule has 0 bridgehead atoms. The van der Waals surface area contributed by atoms with Gasteiger partial charge in [-0.2, -0.15) is 0 Å². The van der Waals surface area contributed by atoms with Crippen LogP contribution in [0.2, 0.25) is 0 Å². The molecule has 0 radical (unpaired) electrons. The molecule has 0 fully saturated rings. The molecule has 0 spiro atoms. The Hall–Kier alpha value is -0.520. The average molecular weight is 124 g/mol. The van der Waals surface area contributed by atoms with Gasteiger partial charge in [-0.3, -0.25) is 0 Å². The van der Waals surface area contributed by atoms with E-state index in [0.29, 0.717) is 5.92 Å². The summed E-state index contributed by atoms with van der Waals surface area (Å²) in [6.45, 7) is 12.4. The number of allylic oxidation sites excluding steroid dienone is 3. The molecule has 0 amide bonds. The predicted molar refractivity (Wildman–Crippen MR) is 43.4 cm³/mol. The van der Waals surface area contributed by atoms with Crippen LogP contribution in [0.4, 0.5) is 0 Å². The van der Waals surface area contributed by atoms with Crippen molar-refractivity contribution in [3.8, 4) is 0 Å². The molecule has 0 nitrogen and oxygen atoms in total. The molecule has 0 saturated carbocycles. The Bertz CT molecular complexity index is 127. The van der Waals surface area contributed by atoms with Gasteiger partial charge in [-0.1, -0.05) is 37.6 Å². The number of hydrogen-bond donors (Lipinski definition) is 0. The van der Waals surface area contributed by atoms with Gasteiger partial charge in [0.1, 0.15) is 0 Å². The molecule has 0 heteroatoms. The molecule has 9 heavy (non-hydrogen) atoms. The third-order valence-corrected chi connectivity index (χ3v) is 1.64. The highest BCUT2D eigenvalue weighted by molar-refractivity contribution is 5.26. The highest BCUT2D eigenvalue weighted by Gasteiger charge is 1.99. The van der Waals surface area contributed by atoms with Crippen LogP contribution in [0.5, 0.6) is 0 Å². The minimum atomic E-state index is 0.584. The maximum absolute atomic E-state index is 3.96. The summed E-state index contributed by atoms with van der Waals surface area (Å²) in [4.78, 5) is 0. The molecule has 52 valence electrons. The van der Waals surface area contributed by atoms with E-state index in [2.05, 4.69) is 33.4 Å². The highest BCUT2D eigenvalue weighted by Crippen LogP contribution is 2.15. The first-order valence-corrected chi connectivity index (χ1v) is 3.41. The lowest BCUT2D eigenvalue weighted by Gasteiger charge is -2.08. The van der Waals surface area contributed by atoms with Crippen molar-refractivity contribution < 1.29 is 0 Å². The molecule has 0 aliphatic heterocycles. The van der Waals surface area contributed by atoms with Crippen LogP contribution in [0.1, 0.15) is 27.7 Å². The van der Waals surface area contributed by atoms with Gasteiger partial charge in [-0.05, 0) is 19.8 Å². The van der Waals surface area contributed by atoms with Crippen molar-refractivity contribution in [2.75, 3.05) is 0 Å². The van der Waals surface area contributed by atoms with E-state index in [1.807, 2.05) is 6.92 Å². The number of rotatable bonds is 2. The normalized spacial score (nSPS) is 12.3. The van der Waals surface area contributed by atoms with Gasteiger partial charge in [-0.25, -0.2) is 0 Å². The summed E-state index contributed by atoms with van der Waals surface area (Å²) in [6.07, 6.45) is 2.10. The van der Waals surface area contributed by atoms with Crippen LogP contribution in [-0.2, 0) is 0 Å². The zero-order valence-electron chi connectivity index (χ0n) is 6.86. The molecule has 0 atom stereocenters. The molecular formula is C9H16. The summed E-state index contributed by atoms with van der Waals surface area (Å²) in [5.41, 5.74) is 2.56.